The number of rotatable bonds is 2. The summed E-state index contributed by atoms with van der Waals surface area (Å²) in [6.07, 6.45) is 1.25. The molecule has 2 aromatic carbocycles. The fraction of sp³-hybridized carbons (Fsp3) is 0. The standard InChI is InChI=1S/C13H10O3/c14-12(13(15)16)8-10-6-3-5-9-4-1-2-7-11(9)10/h1-8,14H,(H,15,16)/b12-8-. The number of aliphatic hydroxyl groups excluding tert-OH is 1. The van der Waals surface area contributed by atoms with Gasteiger partial charge < -0.3 is 10.2 Å². The lowest BCUT2D eigenvalue weighted by Crippen LogP contribution is -1.98. The maximum atomic E-state index is 10.5. The van der Waals surface area contributed by atoms with Crippen molar-refractivity contribution in [1.82, 2.24) is 0 Å². The van der Waals surface area contributed by atoms with Gasteiger partial charge in [-0.1, -0.05) is 42.5 Å². The molecule has 0 spiro atoms. The summed E-state index contributed by atoms with van der Waals surface area (Å²) in [7, 11) is 0. The van der Waals surface area contributed by atoms with Crippen LogP contribution in [-0.2, 0) is 4.79 Å². The van der Waals surface area contributed by atoms with E-state index in [-0.39, 0.29) is 0 Å². The Morgan fingerprint density at radius 2 is 1.69 bits per heavy atom. The Labute approximate surface area is 92.3 Å². The van der Waals surface area contributed by atoms with Crippen molar-refractivity contribution in [3.8, 4) is 0 Å². The van der Waals surface area contributed by atoms with Gasteiger partial charge in [0, 0.05) is 0 Å². The highest BCUT2D eigenvalue weighted by Gasteiger charge is 2.05. The summed E-state index contributed by atoms with van der Waals surface area (Å²) in [5, 5.41) is 19.7. The number of aliphatic hydroxyl groups is 1. The number of fused-ring (bicyclic) bond motifs is 1. The van der Waals surface area contributed by atoms with E-state index in [1.807, 2.05) is 36.4 Å². The van der Waals surface area contributed by atoms with Gasteiger partial charge in [-0.05, 0) is 22.4 Å². The third-order valence-electron chi connectivity index (χ3n) is 2.33. The predicted molar refractivity (Wildman–Crippen MR) is 62.2 cm³/mol. The van der Waals surface area contributed by atoms with Crippen molar-refractivity contribution in [3.63, 3.8) is 0 Å². The summed E-state index contributed by atoms with van der Waals surface area (Å²) in [5.41, 5.74) is 0.693. The zero-order valence-electron chi connectivity index (χ0n) is 8.42. The van der Waals surface area contributed by atoms with Gasteiger partial charge in [-0.2, -0.15) is 0 Å². The van der Waals surface area contributed by atoms with Gasteiger partial charge in [-0.25, -0.2) is 4.79 Å². The summed E-state index contributed by atoms with van der Waals surface area (Å²) in [6, 6.07) is 13.1. The van der Waals surface area contributed by atoms with E-state index >= 15 is 0 Å². The van der Waals surface area contributed by atoms with Gasteiger partial charge in [0.15, 0.2) is 0 Å². The van der Waals surface area contributed by atoms with Crippen LogP contribution in [0.2, 0.25) is 0 Å². The van der Waals surface area contributed by atoms with Gasteiger partial charge in [0.25, 0.3) is 0 Å². The highest BCUT2D eigenvalue weighted by Crippen LogP contribution is 2.20. The summed E-state index contributed by atoms with van der Waals surface area (Å²) < 4.78 is 0. The molecule has 3 heteroatoms. The van der Waals surface area contributed by atoms with Gasteiger partial charge in [0.1, 0.15) is 0 Å². The Kier molecular flexibility index (Phi) is 2.60. The third kappa shape index (κ3) is 1.88. The minimum Gasteiger partial charge on any atom is -0.502 e. The molecule has 0 bridgehead atoms. The molecule has 0 unspecified atom stereocenters. The average Bonchev–Trinajstić information content (AvgIpc) is 2.29. The zero-order valence-corrected chi connectivity index (χ0v) is 8.42. The molecule has 0 amide bonds. The monoisotopic (exact) mass is 214 g/mol. The van der Waals surface area contributed by atoms with E-state index in [9.17, 15) is 9.90 Å². The molecular weight excluding hydrogens is 204 g/mol. The summed E-state index contributed by atoms with van der Waals surface area (Å²) in [5.74, 6) is -1.98. The summed E-state index contributed by atoms with van der Waals surface area (Å²) in [6.45, 7) is 0. The van der Waals surface area contributed by atoms with Gasteiger partial charge in [-0.3, -0.25) is 0 Å². The maximum Gasteiger partial charge on any atom is 0.370 e. The van der Waals surface area contributed by atoms with Gasteiger partial charge in [-0.15, -0.1) is 0 Å². The second-order valence-electron chi connectivity index (χ2n) is 3.40. The van der Waals surface area contributed by atoms with Crippen LogP contribution >= 0.6 is 0 Å². The number of benzene rings is 2. The van der Waals surface area contributed by atoms with Crippen LogP contribution in [-0.4, -0.2) is 16.2 Å². The van der Waals surface area contributed by atoms with E-state index in [2.05, 4.69) is 0 Å². The van der Waals surface area contributed by atoms with Crippen molar-refractivity contribution in [2.45, 2.75) is 0 Å². The lowest BCUT2D eigenvalue weighted by molar-refractivity contribution is -0.135. The van der Waals surface area contributed by atoms with Crippen molar-refractivity contribution in [2.24, 2.45) is 0 Å². The highest BCUT2D eigenvalue weighted by molar-refractivity contribution is 5.96. The quantitative estimate of drug-likeness (QED) is 0.597. The van der Waals surface area contributed by atoms with Crippen LogP contribution in [0.4, 0.5) is 0 Å². The number of carbonyl (C=O) groups is 1. The van der Waals surface area contributed by atoms with Crippen molar-refractivity contribution in [2.75, 3.05) is 0 Å². The minimum atomic E-state index is -1.33. The fourth-order valence-electron chi connectivity index (χ4n) is 1.59. The number of carboxylic acids is 1. The normalized spacial score (nSPS) is 11.6. The van der Waals surface area contributed by atoms with E-state index in [0.717, 1.165) is 10.8 Å². The largest absolute Gasteiger partial charge is 0.502 e. The van der Waals surface area contributed by atoms with Crippen LogP contribution in [0.1, 0.15) is 5.56 Å². The van der Waals surface area contributed by atoms with E-state index in [1.54, 1.807) is 6.07 Å². The molecule has 16 heavy (non-hydrogen) atoms. The van der Waals surface area contributed by atoms with Gasteiger partial charge in [0.05, 0.1) is 0 Å². The molecule has 0 saturated heterocycles. The number of hydrogen-bond donors (Lipinski definition) is 2. The van der Waals surface area contributed by atoms with Crippen LogP contribution < -0.4 is 0 Å². The van der Waals surface area contributed by atoms with Gasteiger partial charge >= 0.3 is 5.97 Å². The Hall–Kier alpha value is -2.29. The first-order valence-corrected chi connectivity index (χ1v) is 4.80. The molecule has 0 fully saturated rings. The highest BCUT2D eigenvalue weighted by atomic mass is 16.4. The van der Waals surface area contributed by atoms with Crippen LogP contribution in [0.25, 0.3) is 16.8 Å². The zero-order chi connectivity index (χ0) is 11.5. The first-order valence-electron chi connectivity index (χ1n) is 4.80. The van der Waals surface area contributed by atoms with Crippen molar-refractivity contribution in [3.05, 3.63) is 53.8 Å². The Morgan fingerprint density at radius 3 is 2.44 bits per heavy atom. The molecule has 0 atom stereocenters. The molecule has 0 radical (unpaired) electrons. The second-order valence-corrected chi connectivity index (χ2v) is 3.40. The van der Waals surface area contributed by atoms with Crippen LogP contribution in [0, 0.1) is 0 Å². The van der Waals surface area contributed by atoms with Gasteiger partial charge in [0.2, 0.25) is 5.76 Å². The smallest absolute Gasteiger partial charge is 0.370 e. The molecule has 2 rings (SSSR count). The lowest BCUT2D eigenvalue weighted by Gasteiger charge is -2.01. The van der Waals surface area contributed by atoms with Crippen LogP contribution in [0.3, 0.4) is 0 Å². The predicted octanol–water partition coefficient (Wildman–Crippen LogP) is 2.82. The maximum absolute atomic E-state index is 10.5. The first kappa shape index (κ1) is 10.2. The second kappa shape index (κ2) is 4.06. The molecule has 0 aliphatic carbocycles. The topological polar surface area (TPSA) is 57.5 Å². The van der Waals surface area contributed by atoms with Crippen molar-refractivity contribution >= 4 is 22.8 Å². The fourth-order valence-corrected chi connectivity index (χ4v) is 1.59. The molecule has 0 aliphatic heterocycles. The molecule has 0 aliphatic rings. The average molecular weight is 214 g/mol. The molecule has 0 saturated carbocycles. The molecule has 2 N–H and O–H groups in total. The SMILES string of the molecule is O=C(O)/C(O)=C/c1cccc2ccccc12. The molecule has 80 valence electrons. The van der Waals surface area contributed by atoms with E-state index in [0.29, 0.717) is 5.56 Å². The third-order valence-corrected chi connectivity index (χ3v) is 2.33. The lowest BCUT2D eigenvalue weighted by atomic mass is 10.0. The van der Waals surface area contributed by atoms with Crippen LogP contribution in [0.15, 0.2) is 48.2 Å². The Balaban J connectivity index is 2.61. The molecule has 2 aromatic rings. The molecule has 0 aromatic heterocycles. The molecule has 0 heterocycles. The Morgan fingerprint density at radius 1 is 1.00 bits per heavy atom. The summed E-state index contributed by atoms with van der Waals surface area (Å²) >= 11 is 0. The first-order chi connectivity index (χ1) is 7.68. The Bertz CT molecular complexity index is 565. The number of aliphatic carboxylic acids is 1. The van der Waals surface area contributed by atoms with Crippen molar-refractivity contribution < 1.29 is 15.0 Å². The molecular formula is C13H10O3. The van der Waals surface area contributed by atoms with E-state index in [1.165, 1.54) is 6.08 Å². The van der Waals surface area contributed by atoms with E-state index in [4.69, 9.17) is 5.11 Å². The number of hydrogen-bond acceptors (Lipinski definition) is 2. The number of carboxylic acid groups (broad SMARTS) is 1. The van der Waals surface area contributed by atoms with Crippen molar-refractivity contribution in [1.29, 1.82) is 0 Å². The minimum absolute atomic E-state index is 0.656. The van der Waals surface area contributed by atoms with Crippen LogP contribution in [0.5, 0.6) is 0 Å². The molecule has 3 nitrogen and oxygen atoms in total. The van der Waals surface area contributed by atoms with E-state index < -0.39 is 11.7 Å². The summed E-state index contributed by atoms with van der Waals surface area (Å²) in [4.78, 5) is 10.5.